The van der Waals surface area contributed by atoms with E-state index in [9.17, 15) is 9.59 Å². The number of nitrogens with zero attached hydrogens (tertiary/aromatic N) is 5. The monoisotopic (exact) mass is 582 g/mol. The quantitative estimate of drug-likeness (QED) is 0.334. The number of benzene rings is 2. The predicted octanol–water partition coefficient (Wildman–Crippen LogP) is 4.05. The molecule has 4 heterocycles. The third-order valence-corrected chi connectivity index (χ3v) is 8.46. The first kappa shape index (κ1) is 28.7. The molecule has 1 N–H and O–H groups in total. The zero-order valence-electron chi connectivity index (χ0n) is 24.7. The summed E-state index contributed by atoms with van der Waals surface area (Å²) in [7, 11) is 3.64. The first-order chi connectivity index (χ1) is 20.9. The number of methoxy groups -OCH3 is 1. The van der Waals surface area contributed by atoms with Crippen LogP contribution in [0.5, 0.6) is 11.5 Å². The lowest BCUT2D eigenvalue weighted by molar-refractivity contribution is 0.0590. The van der Waals surface area contributed by atoms with Crippen molar-refractivity contribution in [1.29, 1.82) is 0 Å². The number of hydrogen-bond donors (Lipinski definition) is 1. The molecule has 2 saturated heterocycles. The number of likely N-dealkylation sites (tertiary alicyclic amines) is 2. The Labute approximate surface area is 251 Å². The molecule has 2 aliphatic heterocycles. The van der Waals surface area contributed by atoms with E-state index in [-0.39, 0.29) is 24.0 Å². The number of carbonyl (C=O) groups excluding carboxylic acids is 2. The summed E-state index contributed by atoms with van der Waals surface area (Å²) in [5, 5.41) is 3.15. The van der Waals surface area contributed by atoms with E-state index in [2.05, 4.69) is 32.3 Å². The summed E-state index contributed by atoms with van der Waals surface area (Å²) in [5.74, 6) is 1.38. The summed E-state index contributed by atoms with van der Waals surface area (Å²) in [6.07, 6.45) is 6.61. The summed E-state index contributed by atoms with van der Waals surface area (Å²) in [6, 6.07) is 17.6. The normalized spacial score (nSPS) is 16.7. The van der Waals surface area contributed by atoms with Crippen LogP contribution < -0.4 is 14.8 Å². The molecule has 6 rings (SSSR count). The van der Waals surface area contributed by atoms with Crippen LogP contribution in [-0.4, -0.2) is 81.6 Å². The van der Waals surface area contributed by atoms with Crippen LogP contribution in [0.15, 0.2) is 67.1 Å². The number of fused-ring (bicyclic) bond motifs is 1. The fourth-order valence-corrected chi connectivity index (χ4v) is 5.87. The first-order valence-electron chi connectivity index (χ1n) is 14.9. The molecule has 0 spiro atoms. The Kier molecular flexibility index (Phi) is 8.55. The van der Waals surface area contributed by atoms with E-state index >= 15 is 0 Å². The number of aryl methyl sites for hydroxylation is 1. The summed E-state index contributed by atoms with van der Waals surface area (Å²) in [5.41, 5.74) is 4.03. The minimum Gasteiger partial charge on any atom is -0.497 e. The van der Waals surface area contributed by atoms with Crippen LogP contribution >= 0.6 is 0 Å². The van der Waals surface area contributed by atoms with Crippen molar-refractivity contribution >= 4 is 22.8 Å². The van der Waals surface area contributed by atoms with Gasteiger partial charge in [-0.2, -0.15) is 0 Å². The highest BCUT2D eigenvalue weighted by atomic mass is 16.5. The van der Waals surface area contributed by atoms with Crippen molar-refractivity contribution in [3.05, 3.63) is 83.9 Å². The van der Waals surface area contributed by atoms with Gasteiger partial charge >= 0.3 is 0 Å². The number of pyridine rings is 1. The van der Waals surface area contributed by atoms with Gasteiger partial charge in [0.15, 0.2) is 0 Å². The Bertz CT molecular complexity index is 1550. The summed E-state index contributed by atoms with van der Waals surface area (Å²) < 4.78 is 13.4. The van der Waals surface area contributed by atoms with Gasteiger partial charge in [-0.15, -0.1) is 0 Å². The standard InChI is InChI=1S/C33H38N6O4/c1-37-22-35-30-19-28(8-10-31(30)37)43-27-13-17-39(18-14-27)33(41)29-9-5-24(20-34-29)32(40)36-25-11-15-38(16-12-25)21-23-3-6-26(42-2)7-4-23/h3-10,19-20,22,25,27H,11-18,21H2,1-2H3,(H,36,40). The highest BCUT2D eigenvalue weighted by Gasteiger charge is 2.26. The maximum Gasteiger partial charge on any atom is 0.272 e. The molecule has 2 aromatic carbocycles. The molecule has 4 aromatic rings. The largest absolute Gasteiger partial charge is 0.497 e. The lowest BCUT2D eigenvalue weighted by atomic mass is 10.0. The number of ether oxygens (including phenoxy) is 2. The Morgan fingerprint density at radius 2 is 1.65 bits per heavy atom. The molecule has 2 fully saturated rings. The first-order valence-corrected chi connectivity index (χ1v) is 14.9. The van der Waals surface area contributed by atoms with Crippen molar-refractivity contribution in [2.75, 3.05) is 33.3 Å². The van der Waals surface area contributed by atoms with Gasteiger partial charge in [-0.3, -0.25) is 19.5 Å². The van der Waals surface area contributed by atoms with Gasteiger partial charge in [-0.05, 0) is 54.8 Å². The number of piperidine rings is 2. The molecule has 10 nitrogen and oxygen atoms in total. The topological polar surface area (TPSA) is 102 Å². The van der Waals surface area contributed by atoms with Crippen LogP contribution in [0.4, 0.5) is 0 Å². The second kappa shape index (κ2) is 12.8. The smallest absolute Gasteiger partial charge is 0.272 e. The summed E-state index contributed by atoms with van der Waals surface area (Å²) in [6.45, 7) is 3.91. The van der Waals surface area contributed by atoms with Crippen molar-refractivity contribution in [3.63, 3.8) is 0 Å². The van der Waals surface area contributed by atoms with Crippen LogP contribution in [0.25, 0.3) is 11.0 Å². The van der Waals surface area contributed by atoms with Crippen LogP contribution in [0.2, 0.25) is 0 Å². The maximum atomic E-state index is 13.1. The molecule has 0 bridgehead atoms. The Balaban J connectivity index is 0.942. The van der Waals surface area contributed by atoms with E-state index in [1.165, 1.54) is 11.8 Å². The van der Waals surface area contributed by atoms with Crippen LogP contribution in [-0.2, 0) is 13.6 Å². The molecule has 2 aliphatic rings. The van der Waals surface area contributed by atoms with Crippen LogP contribution in [0, 0.1) is 0 Å². The van der Waals surface area contributed by atoms with Gasteiger partial charge in [0.05, 0.1) is 30.0 Å². The molecule has 0 saturated carbocycles. The third kappa shape index (κ3) is 6.80. The van der Waals surface area contributed by atoms with Gasteiger partial charge in [0.1, 0.15) is 23.3 Å². The molecule has 224 valence electrons. The van der Waals surface area contributed by atoms with Crippen molar-refractivity contribution in [3.8, 4) is 11.5 Å². The maximum absolute atomic E-state index is 13.1. The Morgan fingerprint density at radius 1 is 0.907 bits per heavy atom. The Hall–Kier alpha value is -4.44. The lowest BCUT2D eigenvalue weighted by Crippen LogP contribution is -2.44. The third-order valence-electron chi connectivity index (χ3n) is 8.46. The van der Waals surface area contributed by atoms with Gasteiger partial charge in [0, 0.05) is 70.9 Å². The van der Waals surface area contributed by atoms with Gasteiger partial charge in [-0.1, -0.05) is 12.1 Å². The second-order valence-corrected chi connectivity index (χ2v) is 11.4. The molecule has 0 radical (unpaired) electrons. The number of amides is 2. The highest BCUT2D eigenvalue weighted by molar-refractivity contribution is 5.96. The van der Waals surface area contributed by atoms with E-state index in [0.717, 1.165) is 67.8 Å². The average molecular weight is 583 g/mol. The molecule has 2 aromatic heterocycles. The second-order valence-electron chi connectivity index (χ2n) is 11.4. The molecular weight excluding hydrogens is 544 g/mol. The zero-order valence-corrected chi connectivity index (χ0v) is 24.7. The molecule has 2 amide bonds. The lowest BCUT2D eigenvalue weighted by Gasteiger charge is -2.32. The Morgan fingerprint density at radius 3 is 2.35 bits per heavy atom. The number of hydrogen-bond acceptors (Lipinski definition) is 7. The van der Waals surface area contributed by atoms with Gasteiger partial charge in [0.25, 0.3) is 11.8 Å². The number of nitrogens with one attached hydrogen (secondary N) is 1. The molecular formula is C33H38N6O4. The minimum absolute atomic E-state index is 0.0403. The van der Waals surface area contributed by atoms with Crippen LogP contribution in [0.3, 0.4) is 0 Å². The molecule has 10 heteroatoms. The molecule has 0 atom stereocenters. The number of aromatic nitrogens is 3. The van der Waals surface area contributed by atoms with E-state index in [1.807, 2.05) is 46.8 Å². The molecule has 0 aliphatic carbocycles. The van der Waals surface area contributed by atoms with E-state index in [4.69, 9.17) is 9.47 Å². The van der Waals surface area contributed by atoms with E-state index in [0.29, 0.717) is 24.3 Å². The zero-order chi connectivity index (χ0) is 29.8. The number of rotatable bonds is 8. The molecule has 0 unspecified atom stereocenters. The van der Waals surface area contributed by atoms with Crippen molar-refractivity contribution < 1.29 is 19.1 Å². The van der Waals surface area contributed by atoms with Crippen molar-refractivity contribution in [1.82, 2.24) is 29.7 Å². The van der Waals surface area contributed by atoms with Crippen LogP contribution in [0.1, 0.15) is 52.1 Å². The van der Waals surface area contributed by atoms with Gasteiger partial charge in [-0.25, -0.2) is 4.98 Å². The minimum atomic E-state index is -0.151. The molecule has 43 heavy (non-hydrogen) atoms. The highest BCUT2D eigenvalue weighted by Crippen LogP contribution is 2.24. The van der Waals surface area contributed by atoms with Crippen molar-refractivity contribution in [2.24, 2.45) is 7.05 Å². The van der Waals surface area contributed by atoms with Gasteiger partial charge < -0.3 is 24.3 Å². The fraction of sp³-hybridized carbons (Fsp3) is 0.394. The number of imidazole rings is 1. The van der Waals surface area contributed by atoms with Gasteiger partial charge in [0.2, 0.25) is 0 Å². The fourth-order valence-electron chi connectivity index (χ4n) is 5.87. The van der Waals surface area contributed by atoms with E-state index < -0.39 is 0 Å². The predicted molar refractivity (Wildman–Crippen MR) is 163 cm³/mol. The summed E-state index contributed by atoms with van der Waals surface area (Å²) in [4.78, 5) is 39.0. The van der Waals surface area contributed by atoms with Crippen molar-refractivity contribution in [2.45, 2.75) is 44.4 Å². The van der Waals surface area contributed by atoms with E-state index in [1.54, 1.807) is 25.6 Å². The average Bonchev–Trinajstić information content (AvgIpc) is 3.42. The summed E-state index contributed by atoms with van der Waals surface area (Å²) >= 11 is 0. The SMILES string of the molecule is COc1ccc(CN2CCC(NC(=O)c3ccc(C(=O)N4CCC(Oc5ccc6c(c5)ncn6C)CC4)nc3)CC2)cc1. The number of carbonyl (C=O) groups is 2.